The molecule has 1 aliphatic carbocycles. The molecule has 1 aromatic carbocycles. The molecule has 1 fully saturated rings. The Morgan fingerprint density at radius 1 is 1.17 bits per heavy atom. The third-order valence-corrected chi connectivity index (χ3v) is 6.62. The zero-order chi connectivity index (χ0) is 25.8. The van der Waals surface area contributed by atoms with E-state index >= 15 is 0 Å². The van der Waals surface area contributed by atoms with Crippen molar-refractivity contribution in [1.82, 2.24) is 14.7 Å². The van der Waals surface area contributed by atoms with Gasteiger partial charge in [-0.15, -0.1) is 0 Å². The first-order valence-corrected chi connectivity index (χ1v) is 12.3. The van der Waals surface area contributed by atoms with Crippen LogP contribution in [0.1, 0.15) is 73.7 Å². The fourth-order valence-corrected chi connectivity index (χ4v) is 4.64. The summed E-state index contributed by atoms with van der Waals surface area (Å²) in [6.45, 7) is 1.94. The SMILES string of the molecule is CC[C@@H](Nc1c(Nc2cccc(C(=O)N(C)C)c2O)c(=O)n(C2CCCCC2)[nH]c1=O)c1ccco1. The monoisotopic (exact) mass is 495 g/mol. The number of nitrogens with one attached hydrogen (secondary N) is 3. The molecule has 0 unspecified atom stereocenters. The minimum absolute atomic E-state index is 0.000850. The van der Waals surface area contributed by atoms with Gasteiger partial charge in [0.2, 0.25) is 0 Å². The number of carbonyl (C=O) groups is 1. The molecule has 1 amide bonds. The molecule has 4 rings (SSSR count). The molecule has 2 heterocycles. The molecule has 3 aromatic rings. The largest absolute Gasteiger partial charge is 0.505 e. The second kappa shape index (κ2) is 10.8. The van der Waals surface area contributed by atoms with Crippen LogP contribution in [0.4, 0.5) is 17.1 Å². The summed E-state index contributed by atoms with van der Waals surface area (Å²) < 4.78 is 6.93. The predicted octanol–water partition coefficient (Wildman–Crippen LogP) is 4.35. The number of hydrogen-bond donors (Lipinski definition) is 4. The number of benzene rings is 1. The highest BCUT2D eigenvalue weighted by Crippen LogP contribution is 2.33. The number of phenolic OH excluding ortho intramolecular Hbond substituents is 1. The number of H-pyrrole nitrogens is 1. The van der Waals surface area contributed by atoms with Crippen molar-refractivity contribution in [1.29, 1.82) is 0 Å². The fraction of sp³-hybridized carbons (Fsp3) is 0.423. The molecule has 4 N–H and O–H groups in total. The quantitative estimate of drug-likeness (QED) is 0.342. The summed E-state index contributed by atoms with van der Waals surface area (Å²) in [7, 11) is 3.17. The summed E-state index contributed by atoms with van der Waals surface area (Å²) >= 11 is 0. The Bertz CT molecular complexity index is 1320. The van der Waals surface area contributed by atoms with Gasteiger partial charge in [-0.3, -0.25) is 19.5 Å². The van der Waals surface area contributed by atoms with Crippen LogP contribution in [0, 0.1) is 0 Å². The van der Waals surface area contributed by atoms with Gasteiger partial charge >= 0.3 is 0 Å². The summed E-state index contributed by atoms with van der Waals surface area (Å²) in [5.74, 6) is -0.0613. The summed E-state index contributed by atoms with van der Waals surface area (Å²) in [6.07, 6.45) is 6.80. The zero-order valence-corrected chi connectivity index (χ0v) is 20.8. The first-order valence-electron chi connectivity index (χ1n) is 12.3. The first-order chi connectivity index (χ1) is 17.3. The van der Waals surface area contributed by atoms with Crippen LogP contribution in [-0.4, -0.2) is 39.8 Å². The van der Waals surface area contributed by atoms with Gasteiger partial charge in [-0.05, 0) is 43.5 Å². The van der Waals surface area contributed by atoms with Gasteiger partial charge < -0.3 is 25.1 Å². The molecule has 0 radical (unpaired) electrons. The van der Waals surface area contributed by atoms with Crippen LogP contribution in [0.2, 0.25) is 0 Å². The molecule has 0 saturated heterocycles. The fourth-order valence-electron chi connectivity index (χ4n) is 4.64. The average molecular weight is 496 g/mol. The molecule has 0 aliphatic heterocycles. The Kier molecular flexibility index (Phi) is 7.52. The van der Waals surface area contributed by atoms with Crippen molar-refractivity contribution >= 4 is 23.0 Å². The molecule has 10 nitrogen and oxygen atoms in total. The maximum Gasteiger partial charge on any atom is 0.291 e. The van der Waals surface area contributed by atoms with Crippen molar-refractivity contribution < 1.29 is 14.3 Å². The van der Waals surface area contributed by atoms with Crippen molar-refractivity contribution in [3.63, 3.8) is 0 Å². The minimum Gasteiger partial charge on any atom is -0.505 e. The molecule has 2 aromatic heterocycles. The average Bonchev–Trinajstić information content (AvgIpc) is 3.41. The molecular formula is C26H33N5O5. The van der Waals surface area contributed by atoms with E-state index in [2.05, 4.69) is 15.7 Å². The molecule has 1 atom stereocenters. The third kappa shape index (κ3) is 5.02. The molecule has 1 saturated carbocycles. The number of hydrogen-bond acceptors (Lipinski definition) is 7. The van der Waals surface area contributed by atoms with Crippen molar-refractivity contribution in [2.24, 2.45) is 0 Å². The number of rotatable bonds is 8. The van der Waals surface area contributed by atoms with Crippen LogP contribution < -0.4 is 21.8 Å². The van der Waals surface area contributed by atoms with Crippen LogP contribution >= 0.6 is 0 Å². The lowest BCUT2D eigenvalue weighted by Gasteiger charge is -2.25. The summed E-state index contributed by atoms with van der Waals surface area (Å²) in [4.78, 5) is 41.0. The number of anilines is 3. The minimum atomic E-state index is -0.465. The number of para-hydroxylation sites is 1. The predicted molar refractivity (Wildman–Crippen MR) is 138 cm³/mol. The Morgan fingerprint density at radius 2 is 1.92 bits per heavy atom. The Labute approximate surface area is 208 Å². The standard InChI is InChI=1S/C26H33N5O5/c1-4-18(20-14-9-15-36-20)27-21-22(26(35)31(29-24(21)33)16-10-6-5-7-11-16)28-19-13-8-12-17(23(19)32)25(34)30(2)3/h8-9,12-16,18,27-28,32H,4-7,10-11H2,1-3H3,(H,29,33)/t18-/m1/s1. The number of carbonyl (C=O) groups excluding carboxylic acids is 1. The van der Waals surface area contributed by atoms with Gasteiger partial charge in [0.15, 0.2) is 5.75 Å². The van der Waals surface area contributed by atoms with E-state index < -0.39 is 11.1 Å². The van der Waals surface area contributed by atoms with Gasteiger partial charge in [0.25, 0.3) is 17.0 Å². The van der Waals surface area contributed by atoms with Crippen molar-refractivity contribution in [2.75, 3.05) is 24.7 Å². The van der Waals surface area contributed by atoms with Crippen LogP contribution in [0.3, 0.4) is 0 Å². The number of aromatic nitrogens is 2. The van der Waals surface area contributed by atoms with E-state index in [4.69, 9.17) is 4.42 Å². The van der Waals surface area contributed by atoms with Crippen LogP contribution in [0.5, 0.6) is 5.75 Å². The van der Waals surface area contributed by atoms with Crippen LogP contribution in [-0.2, 0) is 0 Å². The lowest BCUT2D eigenvalue weighted by molar-refractivity contribution is 0.0824. The zero-order valence-electron chi connectivity index (χ0n) is 20.8. The number of nitrogens with zero attached hydrogens (tertiary/aromatic N) is 2. The van der Waals surface area contributed by atoms with Crippen molar-refractivity contribution in [2.45, 2.75) is 57.5 Å². The van der Waals surface area contributed by atoms with E-state index in [1.165, 1.54) is 15.6 Å². The van der Waals surface area contributed by atoms with E-state index in [-0.39, 0.29) is 46.4 Å². The second-order valence-corrected chi connectivity index (χ2v) is 9.30. The van der Waals surface area contributed by atoms with E-state index in [0.717, 1.165) is 32.1 Å². The van der Waals surface area contributed by atoms with Gasteiger partial charge in [-0.2, -0.15) is 0 Å². The molecular weight excluding hydrogens is 462 g/mol. The highest BCUT2D eigenvalue weighted by molar-refractivity contribution is 5.98. The summed E-state index contributed by atoms with van der Waals surface area (Å²) in [6, 6.07) is 7.75. The summed E-state index contributed by atoms with van der Waals surface area (Å²) in [5, 5.41) is 19.8. The lowest BCUT2D eigenvalue weighted by atomic mass is 9.95. The molecule has 1 aliphatic rings. The van der Waals surface area contributed by atoms with Gasteiger partial charge in [0.1, 0.15) is 17.1 Å². The number of furan rings is 1. The van der Waals surface area contributed by atoms with Gasteiger partial charge in [0, 0.05) is 14.1 Å². The molecule has 0 spiro atoms. The maximum atomic E-state index is 13.8. The van der Waals surface area contributed by atoms with E-state index in [9.17, 15) is 19.5 Å². The van der Waals surface area contributed by atoms with Crippen LogP contribution in [0.15, 0.2) is 50.6 Å². The van der Waals surface area contributed by atoms with Gasteiger partial charge in [0.05, 0.1) is 29.6 Å². The van der Waals surface area contributed by atoms with Crippen molar-refractivity contribution in [3.8, 4) is 5.75 Å². The van der Waals surface area contributed by atoms with Crippen molar-refractivity contribution in [3.05, 3.63) is 68.6 Å². The Morgan fingerprint density at radius 3 is 2.56 bits per heavy atom. The number of amides is 1. The normalized spacial score (nSPS) is 14.9. The molecule has 10 heteroatoms. The molecule has 192 valence electrons. The third-order valence-electron chi connectivity index (χ3n) is 6.62. The number of aromatic amines is 1. The van der Waals surface area contributed by atoms with E-state index in [1.54, 1.807) is 44.6 Å². The smallest absolute Gasteiger partial charge is 0.291 e. The lowest BCUT2D eigenvalue weighted by Crippen LogP contribution is -2.37. The highest BCUT2D eigenvalue weighted by atomic mass is 16.3. The van der Waals surface area contributed by atoms with Crippen LogP contribution in [0.25, 0.3) is 0 Å². The van der Waals surface area contributed by atoms with Gasteiger partial charge in [-0.25, -0.2) is 4.68 Å². The maximum absolute atomic E-state index is 13.8. The topological polar surface area (TPSA) is 133 Å². The van der Waals surface area contributed by atoms with E-state index in [1.807, 2.05) is 6.92 Å². The molecule has 0 bridgehead atoms. The van der Waals surface area contributed by atoms with E-state index in [0.29, 0.717) is 12.2 Å². The number of aromatic hydroxyl groups is 1. The Balaban J connectivity index is 1.82. The first kappa shape index (κ1) is 25.2. The van der Waals surface area contributed by atoms with Gasteiger partial charge in [-0.1, -0.05) is 32.3 Å². The highest BCUT2D eigenvalue weighted by Gasteiger charge is 2.25. The number of phenols is 1. The Hall–Kier alpha value is -3.95. The molecule has 36 heavy (non-hydrogen) atoms. The summed E-state index contributed by atoms with van der Waals surface area (Å²) in [5.41, 5.74) is -0.610. The second-order valence-electron chi connectivity index (χ2n) is 9.30.